The molecule has 0 fully saturated rings. The Hall–Kier alpha value is -2.59. The van der Waals surface area contributed by atoms with Crippen LogP contribution in [0.2, 0.25) is 0 Å². The van der Waals surface area contributed by atoms with E-state index in [2.05, 4.69) is 15.3 Å². The Balaban J connectivity index is 2.05. The standard InChI is InChI=1S/C17H18N4O2S/c1-4-13-12(8-18)16(23)21-17(20-13)24-9-15(22)19-14-6-5-10(2)7-11(14)3/h5-7H,4,9H2,1-3H3,(H,19,22)(H,20,21,23). The third kappa shape index (κ3) is 4.24. The fourth-order valence-electron chi connectivity index (χ4n) is 2.21. The summed E-state index contributed by atoms with van der Waals surface area (Å²) in [6.45, 7) is 5.75. The smallest absolute Gasteiger partial charge is 0.269 e. The fourth-order valence-corrected chi connectivity index (χ4v) is 2.89. The molecule has 0 atom stereocenters. The molecule has 0 saturated carbocycles. The Morgan fingerprint density at radius 3 is 2.79 bits per heavy atom. The highest BCUT2D eigenvalue weighted by atomic mass is 32.2. The van der Waals surface area contributed by atoms with Crippen LogP contribution in [0.15, 0.2) is 28.2 Å². The van der Waals surface area contributed by atoms with E-state index < -0.39 is 5.56 Å². The zero-order valence-corrected chi connectivity index (χ0v) is 14.6. The van der Waals surface area contributed by atoms with Crippen molar-refractivity contribution in [3.8, 4) is 6.07 Å². The first-order valence-corrected chi connectivity index (χ1v) is 8.46. The molecule has 2 N–H and O–H groups in total. The summed E-state index contributed by atoms with van der Waals surface area (Å²) in [7, 11) is 0. The van der Waals surface area contributed by atoms with Crippen LogP contribution in [-0.4, -0.2) is 21.6 Å². The lowest BCUT2D eigenvalue weighted by Crippen LogP contribution is -2.18. The minimum Gasteiger partial charge on any atom is -0.325 e. The summed E-state index contributed by atoms with van der Waals surface area (Å²) in [6.07, 6.45) is 0.481. The molecule has 0 radical (unpaired) electrons. The normalized spacial score (nSPS) is 10.2. The van der Waals surface area contributed by atoms with Crippen molar-refractivity contribution >= 4 is 23.4 Å². The van der Waals surface area contributed by atoms with Crippen LogP contribution in [0.1, 0.15) is 29.3 Å². The number of aromatic nitrogens is 2. The van der Waals surface area contributed by atoms with Crippen LogP contribution in [0.4, 0.5) is 5.69 Å². The first-order chi connectivity index (χ1) is 11.4. The summed E-state index contributed by atoms with van der Waals surface area (Å²) in [5.41, 5.74) is 2.89. The molecule has 0 aliphatic carbocycles. The fraction of sp³-hybridized carbons (Fsp3) is 0.294. The molecule has 0 saturated heterocycles. The molecule has 0 bridgehead atoms. The average Bonchev–Trinajstić information content (AvgIpc) is 2.55. The number of aryl methyl sites for hydroxylation is 3. The van der Waals surface area contributed by atoms with Crippen LogP contribution in [-0.2, 0) is 11.2 Å². The van der Waals surface area contributed by atoms with Crippen LogP contribution >= 0.6 is 11.8 Å². The summed E-state index contributed by atoms with van der Waals surface area (Å²) in [5.74, 6) is -0.0669. The lowest BCUT2D eigenvalue weighted by molar-refractivity contribution is -0.113. The number of anilines is 1. The average molecular weight is 342 g/mol. The Labute approximate surface area is 144 Å². The number of thioether (sulfide) groups is 1. The summed E-state index contributed by atoms with van der Waals surface area (Å²) in [5, 5.41) is 12.1. The molecule has 0 aliphatic heterocycles. The van der Waals surface area contributed by atoms with Crippen molar-refractivity contribution in [1.82, 2.24) is 9.97 Å². The van der Waals surface area contributed by atoms with Crippen molar-refractivity contribution in [3.05, 3.63) is 50.9 Å². The SMILES string of the molecule is CCc1nc(SCC(=O)Nc2ccc(C)cc2C)[nH]c(=O)c1C#N. The molecule has 2 rings (SSSR count). The van der Waals surface area contributed by atoms with E-state index in [9.17, 15) is 9.59 Å². The number of hydrogen-bond donors (Lipinski definition) is 2. The van der Waals surface area contributed by atoms with Gasteiger partial charge in [0.05, 0.1) is 11.4 Å². The van der Waals surface area contributed by atoms with Gasteiger partial charge in [-0.05, 0) is 31.9 Å². The number of carbonyl (C=O) groups excluding carboxylic acids is 1. The Kier molecular flexibility index (Phi) is 5.77. The number of hydrogen-bond acceptors (Lipinski definition) is 5. The molecular formula is C17H18N4O2S. The van der Waals surface area contributed by atoms with Crippen molar-refractivity contribution in [2.24, 2.45) is 0 Å². The van der Waals surface area contributed by atoms with Gasteiger partial charge in [-0.3, -0.25) is 9.59 Å². The molecule has 1 aromatic carbocycles. The maximum atomic E-state index is 12.1. The van der Waals surface area contributed by atoms with Crippen molar-refractivity contribution < 1.29 is 4.79 Å². The molecule has 0 aliphatic rings. The Bertz CT molecular complexity index is 868. The highest BCUT2D eigenvalue weighted by molar-refractivity contribution is 7.99. The van der Waals surface area contributed by atoms with E-state index in [1.54, 1.807) is 0 Å². The van der Waals surface area contributed by atoms with Crippen LogP contribution in [0.3, 0.4) is 0 Å². The second-order valence-electron chi connectivity index (χ2n) is 5.31. The predicted molar refractivity (Wildman–Crippen MR) is 94.2 cm³/mol. The van der Waals surface area contributed by atoms with Gasteiger partial charge in [0.25, 0.3) is 5.56 Å². The molecule has 1 amide bonds. The van der Waals surface area contributed by atoms with Gasteiger partial charge < -0.3 is 10.3 Å². The van der Waals surface area contributed by atoms with Crippen LogP contribution < -0.4 is 10.9 Å². The number of nitriles is 1. The third-order valence-electron chi connectivity index (χ3n) is 3.42. The first kappa shape index (κ1) is 17.8. The molecule has 0 unspecified atom stereocenters. The lowest BCUT2D eigenvalue weighted by atomic mass is 10.1. The van der Waals surface area contributed by atoms with Crippen molar-refractivity contribution in [1.29, 1.82) is 5.26 Å². The zero-order valence-electron chi connectivity index (χ0n) is 13.8. The molecule has 2 aromatic rings. The van der Waals surface area contributed by atoms with Gasteiger partial charge in [0.1, 0.15) is 11.6 Å². The number of benzene rings is 1. The third-order valence-corrected chi connectivity index (χ3v) is 4.29. The van der Waals surface area contributed by atoms with E-state index in [0.717, 1.165) is 28.6 Å². The zero-order chi connectivity index (χ0) is 17.7. The van der Waals surface area contributed by atoms with Crippen molar-refractivity contribution in [2.75, 3.05) is 11.1 Å². The largest absolute Gasteiger partial charge is 0.325 e. The molecular weight excluding hydrogens is 324 g/mol. The van der Waals surface area contributed by atoms with Crippen molar-refractivity contribution in [3.63, 3.8) is 0 Å². The molecule has 1 aromatic heterocycles. The van der Waals surface area contributed by atoms with Gasteiger partial charge in [0.15, 0.2) is 5.16 Å². The molecule has 124 valence electrons. The second-order valence-corrected chi connectivity index (χ2v) is 6.28. The Morgan fingerprint density at radius 2 is 2.17 bits per heavy atom. The summed E-state index contributed by atoms with van der Waals surface area (Å²) in [6, 6.07) is 7.65. The Morgan fingerprint density at radius 1 is 1.42 bits per heavy atom. The number of nitrogens with one attached hydrogen (secondary N) is 2. The number of aromatic amines is 1. The van der Waals surface area contributed by atoms with E-state index in [1.165, 1.54) is 0 Å². The molecule has 1 heterocycles. The van der Waals surface area contributed by atoms with E-state index in [4.69, 9.17) is 5.26 Å². The van der Waals surface area contributed by atoms with Crippen LogP contribution in [0.5, 0.6) is 0 Å². The van der Waals surface area contributed by atoms with Crippen molar-refractivity contribution in [2.45, 2.75) is 32.3 Å². The van der Waals surface area contributed by atoms with E-state index in [1.807, 2.05) is 45.0 Å². The number of nitrogens with zero attached hydrogens (tertiary/aromatic N) is 2. The predicted octanol–water partition coefficient (Wildman–Crippen LogP) is 2.55. The van der Waals surface area contributed by atoms with Gasteiger partial charge in [0.2, 0.25) is 5.91 Å². The maximum absolute atomic E-state index is 12.1. The minimum absolute atomic E-state index is 0.0292. The molecule has 6 nitrogen and oxygen atoms in total. The van der Waals surface area contributed by atoms with Gasteiger partial charge in [-0.25, -0.2) is 4.98 Å². The molecule has 24 heavy (non-hydrogen) atoms. The van der Waals surface area contributed by atoms with Gasteiger partial charge in [-0.15, -0.1) is 0 Å². The number of H-pyrrole nitrogens is 1. The molecule has 7 heteroatoms. The van der Waals surface area contributed by atoms with Crippen LogP contribution in [0.25, 0.3) is 0 Å². The van der Waals surface area contributed by atoms with E-state index >= 15 is 0 Å². The second kappa shape index (κ2) is 7.79. The molecule has 0 spiro atoms. The summed E-state index contributed by atoms with van der Waals surface area (Å²) >= 11 is 1.13. The minimum atomic E-state index is -0.471. The lowest BCUT2D eigenvalue weighted by Gasteiger charge is -2.09. The maximum Gasteiger partial charge on any atom is 0.269 e. The van der Waals surface area contributed by atoms with Gasteiger partial charge in [-0.1, -0.05) is 36.4 Å². The van der Waals surface area contributed by atoms with Gasteiger partial charge in [-0.2, -0.15) is 5.26 Å². The van der Waals surface area contributed by atoms with Crippen LogP contribution in [0, 0.1) is 25.2 Å². The van der Waals surface area contributed by atoms with E-state index in [-0.39, 0.29) is 17.2 Å². The topological polar surface area (TPSA) is 98.6 Å². The first-order valence-electron chi connectivity index (χ1n) is 7.47. The number of carbonyl (C=O) groups is 1. The number of amides is 1. The number of rotatable bonds is 5. The van der Waals surface area contributed by atoms with Gasteiger partial charge >= 0.3 is 0 Å². The highest BCUT2D eigenvalue weighted by Gasteiger charge is 2.12. The van der Waals surface area contributed by atoms with E-state index in [0.29, 0.717) is 17.3 Å². The quantitative estimate of drug-likeness (QED) is 0.643. The highest BCUT2D eigenvalue weighted by Crippen LogP contribution is 2.18. The van der Waals surface area contributed by atoms with Gasteiger partial charge in [0, 0.05) is 5.69 Å². The monoisotopic (exact) mass is 342 g/mol. The summed E-state index contributed by atoms with van der Waals surface area (Å²) < 4.78 is 0. The summed E-state index contributed by atoms with van der Waals surface area (Å²) in [4.78, 5) is 30.7.